The fourth-order valence-electron chi connectivity index (χ4n) is 5.12. The average Bonchev–Trinajstić information content (AvgIpc) is 3.87. The minimum atomic E-state index is -0.675. The number of pyridine rings is 3. The number of nitrogens with zero attached hydrogens (tertiary/aromatic N) is 3. The van der Waals surface area contributed by atoms with Gasteiger partial charge in [0.05, 0.1) is 43.2 Å². The number of hydrogen-bond donors (Lipinski definition) is 5. The SMILES string of the molecule is CC(C)(C)OC(=O)NOCCOCCONC(=O)C1CCC(NC(=O)c2cnc(Nc3ccc4cnccc4n3)cc2NC2CC2)CC1. The first-order valence-electron chi connectivity index (χ1n) is 16.3. The predicted octanol–water partition coefficient (Wildman–Crippen LogP) is 4.15. The topological polar surface area (TPSA) is 187 Å². The maximum Gasteiger partial charge on any atom is 0.431 e. The molecule has 5 N–H and O–H groups in total. The van der Waals surface area contributed by atoms with Crippen molar-refractivity contribution in [2.75, 3.05) is 37.1 Å². The maximum atomic E-state index is 13.4. The van der Waals surface area contributed by atoms with Gasteiger partial charge in [-0.25, -0.2) is 20.2 Å². The summed E-state index contributed by atoms with van der Waals surface area (Å²) in [5, 5.41) is 10.8. The second kappa shape index (κ2) is 16.5. The van der Waals surface area contributed by atoms with Gasteiger partial charge < -0.3 is 25.4 Å². The Morgan fingerprint density at radius 2 is 1.58 bits per heavy atom. The highest BCUT2D eigenvalue weighted by Crippen LogP contribution is 2.30. The zero-order valence-electron chi connectivity index (χ0n) is 27.5. The van der Waals surface area contributed by atoms with E-state index in [1.807, 2.05) is 24.3 Å². The molecular formula is C33H44N8O7. The molecule has 3 aromatic rings. The Labute approximate surface area is 279 Å². The van der Waals surface area contributed by atoms with Crippen LogP contribution < -0.4 is 26.9 Å². The smallest absolute Gasteiger partial charge is 0.431 e. The molecule has 2 aliphatic carbocycles. The van der Waals surface area contributed by atoms with Gasteiger partial charge in [0.2, 0.25) is 5.91 Å². The zero-order chi connectivity index (χ0) is 33.9. The molecule has 0 aromatic carbocycles. The van der Waals surface area contributed by atoms with Gasteiger partial charge in [-0.1, -0.05) is 0 Å². The highest BCUT2D eigenvalue weighted by Gasteiger charge is 2.29. The number of hydroxylamine groups is 2. The number of amides is 3. The standard InChI is InChI=1S/C33H44N8O7/c1-33(2,3)48-32(44)41-47-17-15-45-14-16-46-40-30(42)21-4-7-24(8-5-21)37-31(43)25-20-35-29(18-27(25)36-23-9-10-23)39-28-11-6-22-19-34-13-12-26(22)38-28/h6,11-13,18-21,23-24H,4-5,7-10,14-17H2,1-3H3,(H,37,43)(H,40,42)(H,41,44)(H2,35,36,38,39). The molecule has 2 aliphatic rings. The lowest BCUT2D eigenvalue weighted by molar-refractivity contribution is -0.140. The first-order chi connectivity index (χ1) is 23.1. The van der Waals surface area contributed by atoms with Gasteiger partial charge >= 0.3 is 6.09 Å². The Hall–Kier alpha value is -4.60. The fraction of sp³-hybridized carbons (Fsp3) is 0.515. The van der Waals surface area contributed by atoms with Crippen LogP contribution in [0.25, 0.3) is 10.9 Å². The highest BCUT2D eigenvalue weighted by atomic mass is 16.7. The number of aromatic nitrogens is 3. The van der Waals surface area contributed by atoms with E-state index in [0.29, 0.717) is 48.9 Å². The van der Waals surface area contributed by atoms with Gasteiger partial charge in [0.15, 0.2) is 0 Å². The molecule has 3 aromatic heterocycles. The number of hydrogen-bond acceptors (Lipinski definition) is 12. The first-order valence-corrected chi connectivity index (χ1v) is 16.3. The summed E-state index contributed by atoms with van der Waals surface area (Å²) in [7, 11) is 0. The molecule has 0 atom stereocenters. The van der Waals surface area contributed by atoms with E-state index in [4.69, 9.17) is 19.1 Å². The number of fused-ring (bicyclic) bond motifs is 1. The van der Waals surface area contributed by atoms with Crippen molar-refractivity contribution in [3.63, 3.8) is 0 Å². The van der Waals surface area contributed by atoms with Crippen molar-refractivity contribution in [3.8, 4) is 0 Å². The molecular weight excluding hydrogens is 620 g/mol. The van der Waals surface area contributed by atoms with Crippen LogP contribution >= 0.6 is 0 Å². The van der Waals surface area contributed by atoms with E-state index in [1.165, 1.54) is 0 Å². The Morgan fingerprint density at radius 3 is 2.31 bits per heavy atom. The molecule has 0 saturated heterocycles. The van der Waals surface area contributed by atoms with Gasteiger partial charge in [-0.2, -0.15) is 5.48 Å². The van der Waals surface area contributed by atoms with Crippen molar-refractivity contribution >= 4 is 46.1 Å². The summed E-state index contributed by atoms with van der Waals surface area (Å²) in [5.74, 6) is 0.635. The highest BCUT2D eigenvalue weighted by molar-refractivity contribution is 6.00. The number of ether oxygens (including phenoxy) is 2. The summed E-state index contributed by atoms with van der Waals surface area (Å²) in [6.07, 6.45) is 9.09. The van der Waals surface area contributed by atoms with E-state index in [9.17, 15) is 14.4 Å². The van der Waals surface area contributed by atoms with Gasteiger partial charge in [-0.3, -0.25) is 24.2 Å². The van der Waals surface area contributed by atoms with E-state index in [0.717, 1.165) is 29.4 Å². The predicted molar refractivity (Wildman–Crippen MR) is 177 cm³/mol. The van der Waals surface area contributed by atoms with Gasteiger partial charge in [0.1, 0.15) is 17.2 Å². The van der Waals surface area contributed by atoms with Crippen LogP contribution in [-0.2, 0) is 23.9 Å². The lowest BCUT2D eigenvalue weighted by Gasteiger charge is -2.28. The second-order valence-electron chi connectivity index (χ2n) is 12.8. The molecule has 2 saturated carbocycles. The second-order valence-corrected chi connectivity index (χ2v) is 12.8. The minimum Gasteiger partial charge on any atom is -0.442 e. The summed E-state index contributed by atoms with van der Waals surface area (Å²) in [6.45, 7) is 6.01. The quantitative estimate of drug-likeness (QED) is 0.116. The van der Waals surface area contributed by atoms with Crippen LogP contribution in [0, 0.1) is 5.92 Å². The van der Waals surface area contributed by atoms with Crippen molar-refractivity contribution in [2.45, 2.75) is 77.0 Å². The molecule has 15 nitrogen and oxygen atoms in total. The molecule has 2 fully saturated rings. The summed E-state index contributed by atoms with van der Waals surface area (Å²) in [4.78, 5) is 61.0. The van der Waals surface area contributed by atoms with Crippen LogP contribution in [0.2, 0.25) is 0 Å². The van der Waals surface area contributed by atoms with Gasteiger partial charge in [-0.05, 0) is 77.5 Å². The van der Waals surface area contributed by atoms with E-state index in [2.05, 4.69) is 41.9 Å². The van der Waals surface area contributed by atoms with Crippen LogP contribution in [-0.4, -0.2) is 77.0 Å². The lowest BCUT2D eigenvalue weighted by Crippen LogP contribution is -2.41. The van der Waals surface area contributed by atoms with Crippen molar-refractivity contribution in [1.82, 2.24) is 31.2 Å². The van der Waals surface area contributed by atoms with Gasteiger partial charge in [0.25, 0.3) is 5.91 Å². The van der Waals surface area contributed by atoms with Gasteiger partial charge in [-0.15, -0.1) is 0 Å². The van der Waals surface area contributed by atoms with Crippen molar-refractivity contribution in [1.29, 1.82) is 0 Å². The van der Waals surface area contributed by atoms with E-state index in [-0.39, 0.29) is 50.2 Å². The van der Waals surface area contributed by atoms with Crippen LogP contribution in [0.1, 0.15) is 69.7 Å². The summed E-state index contributed by atoms with van der Waals surface area (Å²) in [5.41, 5.74) is 6.08. The number of carbonyl (C=O) groups excluding carboxylic acids is 3. The molecule has 0 aliphatic heterocycles. The van der Waals surface area contributed by atoms with Gasteiger partial charge in [0, 0.05) is 48.0 Å². The van der Waals surface area contributed by atoms with E-state index in [1.54, 1.807) is 39.4 Å². The Balaban J connectivity index is 0.999. The minimum absolute atomic E-state index is 0.0502. The molecule has 0 spiro atoms. The van der Waals surface area contributed by atoms with Crippen LogP contribution in [0.3, 0.4) is 0 Å². The molecule has 0 unspecified atom stereocenters. The number of rotatable bonds is 15. The van der Waals surface area contributed by atoms with Crippen molar-refractivity contribution in [3.05, 3.63) is 48.4 Å². The molecule has 5 rings (SSSR count). The lowest BCUT2D eigenvalue weighted by atomic mass is 9.85. The zero-order valence-corrected chi connectivity index (χ0v) is 27.5. The normalized spacial score (nSPS) is 17.7. The Bertz CT molecular complexity index is 1550. The third-order valence-corrected chi connectivity index (χ3v) is 7.65. The maximum absolute atomic E-state index is 13.4. The number of nitrogens with one attached hydrogen (secondary N) is 5. The third kappa shape index (κ3) is 11.0. The Morgan fingerprint density at radius 1 is 0.854 bits per heavy atom. The third-order valence-electron chi connectivity index (χ3n) is 7.65. The molecule has 0 radical (unpaired) electrons. The molecule has 48 heavy (non-hydrogen) atoms. The fourth-order valence-corrected chi connectivity index (χ4v) is 5.12. The number of anilines is 3. The largest absolute Gasteiger partial charge is 0.442 e. The first kappa shape index (κ1) is 34.7. The summed E-state index contributed by atoms with van der Waals surface area (Å²) < 4.78 is 10.4. The Kier molecular flexibility index (Phi) is 11.9. The molecule has 258 valence electrons. The van der Waals surface area contributed by atoms with Crippen LogP contribution in [0.5, 0.6) is 0 Å². The molecule has 15 heteroatoms. The molecule has 3 amide bonds. The van der Waals surface area contributed by atoms with E-state index >= 15 is 0 Å². The van der Waals surface area contributed by atoms with Crippen LogP contribution in [0.4, 0.5) is 22.1 Å². The summed E-state index contributed by atoms with van der Waals surface area (Å²) in [6, 6.07) is 7.79. The van der Waals surface area contributed by atoms with Crippen molar-refractivity contribution in [2.24, 2.45) is 5.92 Å². The van der Waals surface area contributed by atoms with Crippen molar-refractivity contribution < 1.29 is 33.5 Å². The number of carbonyl (C=O) groups is 3. The van der Waals surface area contributed by atoms with E-state index < -0.39 is 11.7 Å². The molecule has 0 bridgehead atoms. The summed E-state index contributed by atoms with van der Waals surface area (Å²) >= 11 is 0. The van der Waals surface area contributed by atoms with Crippen LogP contribution in [0.15, 0.2) is 42.9 Å². The monoisotopic (exact) mass is 664 g/mol. The molecule has 3 heterocycles. The average molecular weight is 665 g/mol.